The summed E-state index contributed by atoms with van der Waals surface area (Å²) in [5, 5.41) is 5.68. The maximum absolute atomic E-state index is 12.6. The van der Waals surface area contributed by atoms with Gasteiger partial charge in [0.1, 0.15) is 5.75 Å². The number of rotatable bonds is 5. The van der Waals surface area contributed by atoms with Crippen LogP contribution in [0.1, 0.15) is 5.56 Å². The zero-order valence-electron chi connectivity index (χ0n) is 12.6. The molecule has 0 atom stereocenters. The summed E-state index contributed by atoms with van der Waals surface area (Å²) in [5.74, 6) is -0.0115. The Morgan fingerprint density at radius 2 is 1.96 bits per heavy atom. The highest BCUT2D eigenvalue weighted by Crippen LogP contribution is 2.31. The number of benzene rings is 2. The van der Waals surface area contributed by atoms with Gasteiger partial charge in [-0.05, 0) is 36.4 Å². The van der Waals surface area contributed by atoms with Crippen molar-refractivity contribution >= 4 is 28.9 Å². The Morgan fingerprint density at radius 3 is 2.62 bits per heavy atom. The first-order valence-electron chi connectivity index (χ1n) is 6.84. The van der Waals surface area contributed by atoms with Crippen LogP contribution >= 0.6 is 11.6 Å². The first kappa shape index (κ1) is 17.9. The van der Waals surface area contributed by atoms with E-state index in [9.17, 15) is 18.0 Å². The molecule has 0 saturated carbocycles. The highest BCUT2D eigenvalue weighted by atomic mass is 35.5. The van der Waals surface area contributed by atoms with Gasteiger partial charge in [-0.2, -0.15) is 13.2 Å². The third kappa shape index (κ3) is 4.79. The highest BCUT2D eigenvalue weighted by Gasteiger charge is 2.30. The number of amides is 1. The third-order valence-electron chi connectivity index (χ3n) is 3.07. The Bertz CT molecular complexity index is 736. The van der Waals surface area contributed by atoms with Gasteiger partial charge in [-0.15, -0.1) is 0 Å². The lowest BCUT2D eigenvalue weighted by atomic mass is 10.2. The molecular weight excluding hydrogens is 345 g/mol. The first-order valence-corrected chi connectivity index (χ1v) is 7.22. The van der Waals surface area contributed by atoms with E-state index in [1.54, 1.807) is 18.2 Å². The number of ether oxygens (including phenoxy) is 1. The molecule has 0 heterocycles. The minimum atomic E-state index is -4.47. The fraction of sp³-hybridized carbons (Fsp3) is 0.188. The van der Waals surface area contributed by atoms with Crippen LogP contribution in [0.15, 0.2) is 42.5 Å². The summed E-state index contributed by atoms with van der Waals surface area (Å²) in [5.41, 5.74) is -0.261. The van der Waals surface area contributed by atoms with Crippen molar-refractivity contribution in [3.05, 3.63) is 53.1 Å². The Labute approximate surface area is 141 Å². The number of alkyl halides is 3. The molecule has 2 N–H and O–H groups in total. The smallest absolute Gasteiger partial charge is 0.416 e. The summed E-state index contributed by atoms with van der Waals surface area (Å²) in [6.07, 6.45) is -4.47. The Hall–Kier alpha value is -2.41. The molecule has 0 spiro atoms. The van der Waals surface area contributed by atoms with Crippen LogP contribution in [-0.2, 0) is 11.0 Å². The first-order chi connectivity index (χ1) is 11.3. The van der Waals surface area contributed by atoms with Crippen molar-refractivity contribution in [2.45, 2.75) is 6.18 Å². The summed E-state index contributed by atoms with van der Waals surface area (Å²) >= 11 is 5.88. The van der Waals surface area contributed by atoms with Crippen molar-refractivity contribution in [2.24, 2.45) is 0 Å². The second kappa shape index (κ2) is 7.44. The van der Waals surface area contributed by atoms with E-state index < -0.39 is 17.6 Å². The molecule has 2 rings (SSSR count). The van der Waals surface area contributed by atoms with Gasteiger partial charge < -0.3 is 15.4 Å². The number of carbonyl (C=O) groups is 1. The maximum atomic E-state index is 12.6. The molecule has 2 aromatic carbocycles. The van der Waals surface area contributed by atoms with E-state index in [1.165, 1.54) is 19.2 Å². The SMILES string of the molecule is COc1ccc(Cl)cc1NCC(=O)Nc1cccc(C(F)(F)F)c1. The molecule has 4 nitrogen and oxygen atoms in total. The molecule has 0 saturated heterocycles. The average molecular weight is 359 g/mol. The van der Waals surface area contributed by atoms with Gasteiger partial charge in [-0.1, -0.05) is 17.7 Å². The molecule has 1 amide bonds. The minimum Gasteiger partial charge on any atom is -0.495 e. The van der Waals surface area contributed by atoms with E-state index in [1.807, 2.05) is 0 Å². The predicted molar refractivity (Wildman–Crippen MR) is 86.6 cm³/mol. The largest absolute Gasteiger partial charge is 0.495 e. The van der Waals surface area contributed by atoms with Crippen LogP contribution in [0, 0.1) is 0 Å². The quantitative estimate of drug-likeness (QED) is 0.832. The molecule has 24 heavy (non-hydrogen) atoms. The fourth-order valence-corrected chi connectivity index (χ4v) is 2.14. The van der Waals surface area contributed by atoms with Crippen LogP contribution in [-0.4, -0.2) is 19.6 Å². The van der Waals surface area contributed by atoms with E-state index in [0.717, 1.165) is 12.1 Å². The minimum absolute atomic E-state index is 0.0645. The van der Waals surface area contributed by atoms with Gasteiger partial charge in [0, 0.05) is 10.7 Å². The van der Waals surface area contributed by atoms with Crippen LogP contribution in [0.5, 0.6) is 5.75 Å². The molecular formula is C16H14ClF3N2O2. The van der Waals surface area contributed by atoms with Gasteiger partial charge in [-0.3, -0.25) is 4.79 Å². The van der Waals surface area contributed by atoms with Gasteiger partial charge in [0.15, 0.2) is 0 Å². The van der Waals surface area contributed by atoms with Crippen LogP contribution in [0.25, 0.3) is 0 Å². The van der Waals surface area contributed by atoms with Crippen LogP contribution in [0.4, 0.5) is 24.5 Å². The number of anilines is 2. The fourth-order valence-electron chi connectivity index (χ4n) is 1.97. The van der Waals surface area contributed by atoms with Gasteiger partial charge in [0.25, 0.3) is 0 Å². The molecule has 0 fully saturated rings. The normalized spacial score (nSPS) is 11.0. The van der Waals surface area contributed by atoms with Crippen molar-refractivity contribution in [1.82, 2.24) is 0 Å². The monoisotopic (exact) mass is 358 g/mol. The molecule has 128 valence electrons. The van der Waals surface area contributed by atoms with E-state index in [2.05, 4.69) is 10.6 Å². The molecule has 0 radical (unpaired) electrons. The summed E-state index contributed by atoms with van der Waals surface area (Å²) in [6.45, 7) is -0.160. The predicted octanol–water partition coefficient (Wildman–Crippen LogP) is 4.42. The molecule has 2 aromatic rings. The topological polar surface area (TPSA) is 50.4 Å². The second-order valence-electron chi connectivity index (χ2n) is 4.82. The van der Waals surface area contributed by atoms with Crippen molar-refractivity contribution in [3.8, 4) is 5.75 Å². The van der Waals surface area contributed by atoms with E-state index in [0.29, 0.717) is 16.5 Å². The zero-order valence-corrected chi connectivity index (χ0v) is 13.3. The average Bonchev–Trinajstić information content (AvgIpc) is 2.52. The third-order valence-corrected chi connectivity index (χ3v) is 3.31. The number of hydrogen-bond donors (Lipinski definition) is 2. The number of carbonyl (C=O) groups excluding carboxylic acids is 1. The maximum Gasteiger partial charge on any atom is 0.416 e. The molecule has 0 aliphatic heterocycles. The van der Waals surface area contributed by atoms with Crippen LogP contribution in [0.2, 0.25) is 5.02 Å². The van der Waals surface area contributed by atoms with Crippen LogP contribution in [0.3, 0.4) is 0 Å². The Balaban J connectivity index is 2.01. The van der Waals surface area contributed by atoms with Gasteiger partial charge in [-0.25, -0.2) is 0 Å². The molecule has 0 bridgehead atoms. The van der Waals surface area contributed by atoms with Crippen molar-refractivity contribution in [2.75, 3.05) is 24.3 Å². The highest BCUT2D eigenvalue weighted by molar-refractivity contribution is 6.30. The van der Waals surface area contributed by atoms with Crippen molar-refractivity contribution in [3.63, 3.8) is 0 Å². The summed E-state index contributed by atoms with van der Waals surface area (Å²) in [4.78, 5) is 11.9. The van der Waals surface area contributed by atoms with E-state index >= 15 is 0 Å². The summed E-state index contributed by atoms with van der Waals surface area (Å²) in [6, 6.07) is 9.27. The second-order valence-corrected chi connectivity index (χ2v) is 5.26. The van der Waals surface area contributed by atoms with E-state index in [-0.39, 0.29) is 12.2 Å². The lowest BCUT2D eigenvalue weighted by molar-refractivity contribution is -0.137. The number of hydrogen-bond acceptors (Lipinski definition) is 3. The number of nitrogens with one attached hydrogen (secondary N) is 2. The Morgan fingerprint density at radius 1 is 1.21 bits per heavy atom. The van der Waals surface area contributed by atoms with Gasteiger partial charge in [0.2, 0.25) is 5.91 Å². The molecule has 0 aromatic heterocycles. The van der Waals surface area contributed by atoms with Crippen molar-refractivity contribution < 1.29 is 22.7 Å². The van der Waals surface area contributed by atoms with Gasteiger partial charge >= 0.3 is 6.18 Å². The lowest BCUT2D eigenvalue weighted by Gasteiger charge is -2.12. The number of halogens is 4. The van der Waals surface area contributed by atoms with Crippen LogP contribution < -0.4 is 15.4 Å². The molecule has 0 aliphatic rings. The van der Waals surface area contributed by atoms with Crippen molar-refractivity contribution in [1.29, 1.82) is 0 Å². The van der Waals surface area contributed by atoms with Gasteiger partial charge in [0.05, 0.1) is 24.9 Å². The molecule has 0 aliphatic carbocycles. The molecule has 8 heteroatoms. The Kier molecular flexibility index (Phi) is 5.56. The standard InChI is InChI=1S/C16H14ClF3N2O2/c1-24-14-6-5-11(17)8-13(14)21-9-15(23)22-12-4-2-3-10(7-12)16(18,19)20/h2-8,21H,9H2,1H3,(H,22,23). The molecule has 0 unspecified atom stereocenters. The lowest BCUT2D eigenvalue weighted by Crippen LogP contribution is -2.22. The zero-order chi connectivity index (χ0) is 17.7. The number of methoxy groups -OCH3 is 1. The summed E-state index contributed by atoms with van der Waals surface area (Å²) in [7, 11) is 1.47. The summed E-state index contributed by atoms with van der Waals surface area (Å²) < 4.78 is 43.1. The van der Waals surface area contributed by atoms with E-state index in [4.69, 9.17) is 16.3 Å².